The van der Waals surface area contributed by atoms with E-state index in [9.17, 15) is 23.3 Å². The molecule has 11 nitrogen and oxygen atoms in total. The van der Waals surface area contributed by atoms with Gasteiger partial charge in [0.25, 0.3) is 5.91 Å². The molecule has 1 saturated carbocycles. The number of benzene rings is 1. The van der Waals surface area contributed by atoms with Crippen molar-refractivity contribution in [1.29, 1.82) is 5.26 Å². The molecule has 4 rings (SSSR count). The lowest BCUT2D eigenvalue weighted by molar-refractivity contribution is -0.117. The molecule has 1 saturated heterocycles. The van der Waals surface area contributed by atoms with Crippen molar-refractivity contribution >= 4 is 33.3 Å². The summed E-state index contributed by atoms with van der Waals surface area (Å²) in [6.07, 6.45) is 4.60. The Hall–Kier alpha value is -3.43. The molecule has 1 aromatic heterocycles. The number of primary amides is 1. The third kappa shape index (κ3) is 5.85. The van der Waals surface area contributed by atoms with Crippen LogP contribution in [0.5, 0.6) is 0 Å². The Morgan fingerprint density at radius 3 is 2.61 bits per heavy atom. The Labute approximate surface area is 210 Å². The van der Waals surface area contributed by atoms with Gasteiger partial charge in [-0.15, -0.1) is 0 Å². The van der Waals surface area contributed by atoms with Crippen molar-refractivity contribution in [2.45, 2.75) is 51.1 Å². The molecule has 1 aromatic carbocycles. The van der Waals surface area contributed by atoms with Gasteiger partial charge in [-0.3, -0.25) is 23.9 Å². The molecule has 36 heavy (non-hydrogen) atoms. The van der Waals surface area contributed by atoms with E-state index in [0.29, 0.717) is 38.2 Å². The van der Waals surface area contributed by atoms with Gasteiger partial charge in [-0.25, -0.2) is 8.42 Å². The maximum atomic E-state index is 12.3. The molecular formula is C24H31N7O4S. The molecule has 12 heteroatoms. The summed E-state index contributed by atoms with van der Waals surface area (Å²) in [5, 5.41) is 16.8. The molecule has 192 valence electrons. The van der Waals surface area contributed by atoms with Crippen LogP contribution < -0.4 is 15.8 Å². The van der Waals surface area contributed by atoms with Crippen LogP contribution in [0.3, 0.4) is 0 Å². The van der Waals surface area contributed by atoms with Gasteiger partial charge in [0.1, 0.15) is 5.56 Å². The number of nitrogens with one attached hydrogen (secondary N) is 2. The molecule has 2 aromatic rings. The number of hydrogen-bond acceptors (Lipinski definition) is 7. The number of nitrogens with zero attached hydrogens (tertiary/aromatic N) is 4. The summed E-state index contributed by atoms with van der Waals surface area (Å²) in [7, 11) is -3.35. The first-order chi connectivity index (χ1) is 17.1. The first-order valence-electron chi connectivity index (χ1n) is 12.0. The van der Waals surface area contributed by atoms with Gasteiger partial charge in [0.05, 0.1) is 23.8 Å². The lowest BCUT2D eigenvalue weighted by Crippen LogP contribution is -2.46. The van der Waals surface area contributed by atoms with Gasteiger partial charge < -0.3 is 11.1 Å². The summed E-state index contributed by atoms with van der Waals surface area (Å²) in [6, 6.07) is 9.57. The van der Waals surface area contributed by atoms with Crippen LogP contribution >= 0.6 is 0 Å². The summed E-state index contributed by atoms with van der Waals surface area (Å²) in [5.41, 5.74) is 6.56. The summed E-state index contributed by atoms with van der Waals surface area (Å²) in [6.45, 7) is 3.55. The predicted octanol–water partition coefficient (Wildman–Crippen LogP) is 2.00. The van der Waals surface area contributed by atoms with Gasteiger partial charge in [0.2, 0.25) is 15.9 Å². The molecule has 1 aliphatic carbocycles. The number of anilines is 2. The Morgan fingerprint density at radius 2 is 2.00 bits per heavy atom. The summed E-state index contributed by atoms with van der Waals surface area (Å²) >= 11 is 0. The van der Waals surface area contributed by atoms with E-state index in [4.69, 9.17) is 5.73 Å². The lowest BCUT2D eigenvalue weighted by atomic mass is 9.84. The minimum Gasteiger partial charge on any atom is -0.365 e. The number of aromatic nitrogens is 2. The van der Waals surface area contributed by atoms with E-state index in [1.807, 2.05) is 18.2 Å². The van der Waals surface area contributed by atoms with Crippen LogP contribution in [0.25, 0.3) is 0 Å². The number of piperidine rings is 1. The summed E-state index contributed by atoms with van der Waals surface area (Å²) < 4.78 is 28.0. The van der Waals surface area contributed by atoms with Crippen molar-refractivity contribution < 1.29 is 18.0 Å². The zero-order valence-electron chi connectivity index (χ0n) is 20.2. The monoisotopic (exact) mass is 513 g/mol. The van der Waals surface area contributed by atoms with Gasteiger partial charge in [-0.2, -0.15) is 10.4 Å². The number of likely N-dealkylation sites (tertiary alicyclic amines) is 1. The van der Waals surface area contributed by atoms with Crippen molar-refractivity contribution in [3.05, 3.63) is 41.6 Å². The number of sulfonamides is 1. The van der Waals surface area contributed by atoms with Crippen molar-refractivity contribution in [2.75, 3.05) is 28.9 Å². The molecule has 2 heterocycles. The Morgan fingerprint density at radius 1 is 1.28 bits per heavy atom. The quantitative estimate of drug-likeness (QED) is 0.437. The fourth-order valence-electron chi connectivity index (χ4n) is 4.46. The lowest BCUT2D eigenvalue weighted by Gasteiger charge is -2.40. The van der Waals surface area contributed by atoms with Crippen LogP contribution in [0.2, 0.25) is 0 Å². The Balaban J connectivity index is 1.47. The topological polar surface area (TPSA) is 163 Å². The molecule has 4 N–H and O–H groups in total. The van der Waals surface area contributed by atoms with Gasteiger partial charge >= 0.3 is 0 Å². The molecule has 0 atom stereocenters. The highest BCUT2D eigenvalue weighted by molar-refractivity contribution is 7.92. The highest BCUT2D eigenvalue weighted by Gasteiger charge is 2.39. The molecule has 2 amide bonds. The van der Waals surface area contributed by atoms with Gasteiger partial charge in [-0.05, 0) is 50.3 Å². The summed E-state index contributed by atoms with van der Waals surface area (Å²) in [5.74, 6) is -0.763. The standard InChI is InChI=1S/C24H31N7O4S/c1-2-36(34,35)29-19-5-3-4-17(14-19)15-30-12-9-24(8-11-25,10-13-30)31-16-20(21(26)32)22(28-31)27-23(33)18-6-7-18/h3-5,14,16,18,29H,2,6-10,12-13,15H2,1H3,(H2,26,32)(H,27,28,33). The SMILES string of the molecule is CCS(=O)(=O)Nc1cccc(CN2CCC(CC#N)(n3cc(C(N)=O)c(NC(=O)C4CC4)n3)CC2)c1. The normalized spacial score (nSPS) is 17.8. The van der Waals surface area contributed by atoms with Crippen molar-refractivity contribution in [1.82, 2.24) is 14.7 Å². The van der Waals surface area contributed by atoms with E-state index in [1.165, 1.54) is 0 Å². The maximum Gasteiger partial charge on any atom is 0.254 e. The van der Waals surface area contributed by atoms with E-state index < -0.39 is 21.5 Å². The van der Waals surface area contributed by atoms with E-state index in [0.717, 1.165) is 18.4 Å². The van der Waals surface area contributed by atoms with E-state index in [1.54, 1.807) is 23.9 Å². The number of carbonyl (C=O) groups is 2. The Kier molecular flexibility index (Phi) is 7.33. The van der Waals surface area contributed by atoms with Crippen LogP contribution in [0.1, 0.15) is 54.9 Å². The third-order valence-electron chi connectivity index (χ3n) is 6.84. The second kappa shape index (κ2) is 10.3. The van der Waals surface area contributed by atoms with E-state index in [2.05, 4.69) is 26.1 Å². The predicted molar refractivity (Wildman–Crippen MR) is 134 cm³/mol. The highest BCUT2D eigenvalue weighted by Crippen LogP contribution is 2.36. The van der Waals surface area contributed by atoms with Crippen LogP contribution in [0.4, 0.5) is 11.5 Å². The summed E-state index contributed by atoms with van der Waals surface area (Å²) in [4.78, 5) is 26.5. The van der Waals surface area contributed by atoms with Crippen molar-refractivity contribution in [2.24, 2.45) is 11.7 Å². The van der Waals surface area contributed by atoms with Crippen molar-refractivity contribution in [3.63, 3.8) is 0 Å². The fraction of sp³-hybridized carbons (Fsp3) is 0.500. The van der Waals surface area contributed by atoms with Crippen molar-refractivity contribution in [3.8, 4) is 6.07 Å². The minimum absolute atomic E-state index is 0.00119. The molecule has 0 unspecified atom stereocenters. The smallest absolute Gasteiger partial charge is 0.254 e. The van der Waals surface area contributed by atoms with Crippen LogP contribution in [0, 0.1) is 17.2 Å². The zero-order valence-corrected chi connectivity index (χ0v) is 21.1. The number of nitrogens with two attached hydrogens (primary N) is 1. The van der Waals surface area contributed by atoms with Gasteiger partial charge in [0, 0.05) is 37.4 Å². The average molecular weight is 514 g/mol. The number of hydrogen-bond donors (Lipinski definition) is 3. The largest absolute Gasteiger partial charge is 0.365 e. The molecular weight excluding hydrogens is 482 g/mol. The fourth-order valence-corrected chi connectivity index (χ4v) is 5.09. The van der Waals surface area contributed by atoms with E-state index in [-0.39, 0.29) is 35.4 Å². The maximum absolute atomic E-state index is 12.3. The highest BCUT2D eigenvalue weighted by atomic mass is 32.2. The number of rotatable bonds is 10. The van der Waals surface area contributed by atoms with E-state index >= 15 is 0 Å². The molecule has 0 bridgehead atoms. The minimum atomic E-state index is -3.35. The second-order valence-corrected chi connectivity index (χ2v) is 11.5. The Bertz CT molecular complexity index is 1290. The zero-order chi connectivity index (χ0) is 25.9. The van der Waals surface area contributed by atoms with Gasteiger partial charge in [0.15, 0.2) is 5.82 Å². The number of amides is 2. The second-order valence-electron chi connectivity index (χ2n) is 9.50. The number of carbonyl (C=O) groups excluding carboxylic acids is 2. The molecule has 1 aliphatic heterocycles. The average Bonchev–Trinajstić information content (AvgIpc) is 3.60. The van der Waals surface area contributed by atoms with Gasteiger partial charge in [-0.1, -0.05) is 12.1 Å². The number of nitriles is 1. The third-order valence-corrected chi connectivity index (χ3v) is 8.14. The van der Waals surface area contributed by atoms with Crippen LogP contribution in [-0.2, 0) is 26.9 Å². The first-order valence-corrected chi connectivity index (χ1v) is 13.7. The van der Waals surface area contributed by atoms with Crippen LogP contribution in [-0.4, -0.2) is 53.8 Å². The molecule has 2 aliphatic rings. The molecule has 0 radical (unpaired) electrons. The van der Waals surface area contributed by atoms with Crippen LogP contribution in [0.15, 0.2) is 30.5 Å². The molecule has 2 fully saturated rings. The first kappa shape index (κ1) is 25.7. The molecule has 0 spiro atoms.